The number of nitrogens with zero attached hydrogens (tertiary/aromatic N) is 2. The Kier molecular flexibility index (Phi) is 8.50. The predicted octanol–water partition coefficient (Wildman–Crippen LogP) is 5.89. The highest BCUT2D eigenvalue weighted by Gasteiger charge is 2.18. The molecule has 0 aliphatic rings. The molecule has 0 saturated heterocycles. The molecule has 126 valence electrons. The second kappa shape index (κ2) is 8.75. The van der Waals surface area contributed by atoms with Crippen LogP contribution in [0.15, 0.2) is 5.29 Å². The van der Waals surface area contributed by atoms with Gasteiger partial charge in [-0.05, 0) is 48.3 Å². The van der Waals surface area contributed by atoms with Crippen LogP contribution in [-0.4, -0.2) is 18.1 Å². The van der Waals surface area contributed by atoms with Gasteiger partial charge in [0, 0.05) is 13.1 Å². The monoisotopic (exact) mass is 298 g/mol. The molecule has 21 heavy (non-hydrogen) atoms. The van der Waals surface area contributed by atoms with Crippen molar-refractivity contribution in [1.29, 1.82) is 0 Å². The summed E-state index contributed by atoms with van der Waals surface area (Å²) in [6.45, 7) is 19.8. The van der Waals surface area contributed by atoms with Crippen molar-refractivity contribution in [3.63, 3.8) is 0 Å². The minimum absolute atomic E-state index is 0.361. The van der Waals surface area contributed by atoms with Crippen molar-refractivity contribution >= 4 is 0 Å². The molecule has 2 unspecified atom stereocenters. The third-order valence-electron chi connectivity index (χ3n) is 3.80. The minimum atomic E-state index is 0.361. The predicted molar refractivity (Wildman–Crippen MR) is 93.1 cm³/mol. The maximum atomic E-state index is 11.0. The molecule has 0 aliphatic heterocycles. The number of nitroso groups, excluding NO2 is 1. The van der Waals surface area contributed by atoms with Gasteiger partial charge in [0.25, 0.3) is 0 Å². The second-order valence-electron chi connectivity index (χ2n) is 9.35. The summed E-state index contributed by atoms with van der Waals surface area (Å²) in [7, 11) is 0. The molecule has 0 aromatic carbocycles. The van der Waals surface area contributed by atoms with Gasteiger partial charge in [-0.25, -0.2) is 0 Å². The molecule has 0 aliphatic carbocycles. The molecule has 0 fully saturated rings. The van der Waals surface area contributed by atoms with E-state index in [0.717, 1.165) is 25.9 Å². The lowest BCUT2D eigenvalue weighted by Crippen LogP contribution is -2.24. The summed E-state index contributed by atoms with van der Waals surface area (Å²) >= 11 is 0. The van der Waals surface area contributed by atoms with E-state index in [2.05, 4.69) is 60.7 Å². The largest absolute Gasteiger partial charge is 0.261 e. The molecule has 2 atom stereocenters. The highest BCUT2D eigenvalue weighted by Crippen LogP contribution is 2.27. The third kappa shape index (κ3) is 12.8. The van der Waals surface area contributed by atoms with Crippen molar-refractivity contribution in [3.05, 3.63) is 4.91 Å². The fourth-order valence-corrected chi connectivity index (χ4v) is 3.23. The lowest BCUT2D eigenvalue weighted by atomic mass is 9.84. The molecule has 0 heterocycles. The van der Waals surface area contributed by atoms with E-state index in [4.69, 9.17) is 0 Å². The minimum Gasteiger partial charge on any atom is -0.261 e. The summed E-state index contributed by atoms with van der Waals surface area (Å²) in [6, 6.07) is 0. The first-order valence-electron chi connectivity index (χ1n) is 8.51. The van der Waals surface area contributed by atoms with Crippen LogP contribution in [0.5, 0.6) is 0 Å². The topological polar surface area (TPSA) is 32.7 Å². The van der Waals surface area contributed by atoms with Crippen molar-refractivity contribution in [1.82, 2.24) is 5.01 Å². The molecule has 0 aromatic heterocycles. The Morgan fingerprint density at radius 3 is 1.38 bits per heavy atom. The van der Waals surface area contributed by atoms with Gasteiger partial charge in [0.15, 0.2) is 0 Å². The first-order valence-corrected chi connectivity index (χ1v) is 8.51. The van der Waals surface area contributed by atoms with Crippen LogP contribution in [-0.2, 0) is 0 Å². The summed E-state index contributed by atoms with van der Waals surface area (Å²) in [4.78, 5) is 11.0. The molecular formula is C18H38N2O. The molecule has 3 heteroatoms. The lowest BCUT2D eigenvalue weighted by Gasteiger charge is -2.26. The van der Waals surface area contributed by atoms with Crippen LogP contribution >= 0.6 is 0 Å². The van der Waals surface area contributed by atoms with Crippen molar-refractivity contribution < 1.29 is 0 Å². The van der Waals surface area contributed by atoms with Crippen LogP contribution in [0.2, 0.25) is 0 Å². The summed E-state index contributed by atoms with van der Waals surface area (Å²) in [5.74, 6) is 1.28. The molecule has 0 N–H and O–H groups in total. The van der Waals surface area contributed by atoms with E-state index in [1.165, 1.54) is 12.8 Å². The quantitative estimate of drug-likeness (QED) is 0.392. The van der Waals surface area contributed by atoms with Crippen LogP contribution in [0.1, 0.15) is 81.1 Å². The first-order chi connectivity index (χ1) is 9.43. The molecule has 0 spiro atoms. The normalized spacial score (nSPS) is 15.6. The zero-order valence-electron chi connectivity index (χ0n) is 15.7. The van der Waals surface area contributed by atoms with Crippen molar-refractivity contribution in [3.8, 4) is 0 Å². The standard InChI is InChI=1S/C18H38N2O/c1-15(13-17(3,4)5)9-11-20(19-21)12-10-16(2)14-18(6,7)8/h15-16H,9-14H2,1-8H3. The second-order valence-corrected chi connectivity index (χ2v) is 9.35. The van der Waals surface area contributed by atoms with Gasteiger partial charge in [-0.15, -0.1) is 4.91 Å². The molecule has 0 rings (SSSR count). The zero-order valence-corrected chi connectivity index (χ0v) is 15.7. The maximum absolute atomic E-state index is 11.0. The van der Waals surface area contributed by atoms with Crippen molar-refractivity contribution in [2.75, 3.05) is 13.1 Å². The molecule has 0 amide bonds. The van der Waals surface area contributed by atoms with Gasteiger partial charge in [0.2, 0.25) is 0 Å². The summed E-state index contributed by atoms with van der Waals surface area (Å²) in [5.41, 5.74) is 0.722. The molecule has 0 saturated carbocycles. The highest BCUT2D eigenvalue weighted by molar-refractivity contribution is 4.69. The average molecular weight is 299 g/mol. The Bertz CT molecular complexity index is 263. The molecule has 3 nitrogen and oxygen atoms in total. The first kappa shape index (κ1) is 20.4. The molecule has 0 radical (unpaired) electrons. The van der Waals surface area contributed by atoms with E-state index in [9.17, 15) is 4.91 Å². The van der Waals surface area contributed by atoms with Crippen LogP contribution < -0.4 is 0 Å². The van der Waals surface area contributed by atoms with Crippen LogP contribution in [0.3, 0.4) is 0 Å². The van der Waals surface area contributed by atoms with Gasteiger partial charge in [-0.3, -0.25) is 5.01 Å². The van der Waals surface area contributed by atoms with Crippen LogP contribution in [0.4, 0.5) is 0 Å². The van der Waals surface area contributed by atoms with Crippen LogP contribution in [0, 0.1) is 27.6 Å². The SMILES string of the molecule is CC(CCN(CCC(C)CC(C)(C)C)N=O)CC(C)(C)C. The van der Waals surface area contributed by atoms with E-state index >= 15 is 0 Å². The maximum Gasteiger partial charge on any atom is 0.0523 e. The van der Waals surface area contributed by atoms with Gasteiger partial charge in [0.05, 0.1) is 5.29 Å². The van der Waals surface area contributed by atoms with Gasteiger partial charge in [-0.1, -0.05) is 55.4 Å². The Balaban J connectivity index is 4.04. The molecule has 0 bridgehead atoms. The number of rotatable bonds is 9. The Labute approximate surface area is 132 Å². The van der Waals surface area contributed by atoms with Gasteiger partial charge < -0.3 is 0 Å². The van der Waals surface area contributed by atoms with Gasteiger partial charge >= 0.3 is 0 Å². The van der Waals surface area contributed by atoms with E-state index in [-0.39, 0.29) is 0 Å². The number of hydrogen-bond acceptors (Lipinski definition) is 2. The zero-order chi connectivity index (χ0) is 16.7. The smallest absolute Gasteiger partial charge is 0.0523 e. The fraction of sp³-hybridized carbons (Fsp3) is 1.00. The summed E-state index contributed by atoms with van der Waals surface area (Å²) in [5, 5.41) is 4.93. The van der Waals surface area contributed by atoms with Crippen LogP contribution in [0.25, 0.3) is 0 Å². The highest BCUT2D eigenvalue weighted by atomic mass is 16.3. The summed E-state index contributed by atoms with van der Waals surface area (Å²) < 4.78 is 0. The Morgan fingerprint density at radius 1 is 0.810 bits per heavy atom. The molecular weight excluding hydrogens is 260 g/mol. The Morgan fingerprint density at radius 2 is 1.14 bits per heavy atom. The van der Waals surface area contributed by atoms with Crippen molar-refractivity contribution in [2.45, 2.75) is 81.1 Å². The third-order valence-corrected chi connectivity index (χ3v) is 3.80. The lowest BCUT2D eigenvalue weighted by molar-refractivity contribution is 0.210. The van der Waals surface area contributed by atoms with Gasteiger partial charge in [-0.2, -0.15) is 0 Å². The molecule has 0 aromatic rings. The van der Waals surface area contributed by atoms with E-state index < -0.39 is 0 Å². The Hall–Kier alpha value is -0.600. The fourth-order valence-electron chi connectivity index (χ4n) is 3.23. The van der Waals surface area contributed by atoms with E-state index in [1.807, 2.05) is 0 Å². The van der Waals surface area contributed by atoms with E-state index in [0.29, 0.717) is 22.7 Å². The van der Waals surface area contributed by atoms with Gasteiger partial charge in [0.1, 0.15) is 0 Å². The number of hydrogen-bond donors (Lipinski definition) is 0. The van der Waals surface area contributed by atoms with E-state index in [1.54, 1.807) is 5.01 Å². The van der Waals surface area contributed by atoms with Crippen molar-refractivity contribution in [2.24, 2.45) is 28.0 Å². The average Bonchev–Trinajstić information content (AvgIpc) is 2.24. The summed E-state index contributed by atoms with van der Waals surface area (Å²) in [6.07, 6.45) is 4.49.